The minimum atomic E-state index is -0.875. The van der Waals surface area contributed by atoms with Crippen molar-refractivity contribution >= 4 is 58.0 Å². The first kappa shape index (κ1) is 36.6. The monoisotopic (exact) mass is 778 g/mol. The zero-order chi connectivity index (χ0) is 38.1. The quantitative estimate of drug-likeness (QED) is 0.130. The second kappa shape index (κ2) is 15.8. The Hall–Kier alpha value is -5.33. The molecule has 0 spiro atoms. The van der Waals surface area contributed by atoms with E-state index >= 15 is 0 Å². The number of halogens is 2. The van der Waals surface area contributed by atoms with Crippen LogP contribution in [0.25, 0.3) is 11.5 Å². The first-order valence-corrected chi connectivity index (χ1v) is 19.7. The fraction of sp³-hybridized carbons (Fsp3) is 0.125. The molecular formula is C48H36Cl2O4S. The number of hydrogen-bond donors (Lipinski definition) is 0. The summed E-state index contributed by atoms with van der Waals surface area (Å²) in [6, 6.07) is 50.0. The van der Waals surface area contributed by atoms with Gasteiger partial charge in [0.2, 0.25) is 11.6 Å². The van der Waals surface area contributed by atoms with Crippen molar-refractivity contribution in [2.45, 2.75) is 37.9 Å². The van der Waals surface area contributed by atoms with Crippen LogP contribution in [0.5, 0.6) is 0 Å². The van der Waals surface area contributed by atoms with Gasteiger partial charge >= 0.3 is 0 Å². The van der Waals surface area contributed by atoms with Gasteiger partial charge in [0, 0.05) is 42.1 Å². The maximum Gasteiger partial charge on any atom is 0.204 e. The molecule has 2 aliphatic heterocycles. The molecule has 0 aromatic heterocycles. The van der Waals surface area contributed by atoms with E-state index in [4.69, 9.17) is 32.7 Å². The van der Waals surface area contributed by atoms with Crippen molar-refractivity contribution in [1.29, 1.82) is 0 Å². The van der Waals surface area contributed by atoms with Crippen LogP contribution in [-0.2, 0) is 9.47 Å². The van der Waals surface area contributed by atoms with Crippen LogP contribution in [0, 0.1) is 13.8 Å². The molecule has 0 fully saturated rings. The van der Waals surface area contributed by atoms with Crippen molar-refractivity contribution in [2.24, 2.45) is 0 Å². The molecule has 0 bridgehead atoms. The largest absolute Gasteiger partial charge is 0.480 e. The van der Waals surface area contributed by atoms with Gasteiger partial charge in [-0.2, -0.15) is 0 Å². The predicted octanol–water partition coefficient (Wildman–Crippen LogP) is 12.5. The van der Waals surface area contributed by atoms with Crippen LogP contribution in [0.2, 0.25) is 10.0 Å². The number of Topliss-reactive ketones (excluding diaryl/α,β-unsaturated/α-hetero) is 2. The van der Waals surface area contributed by atoms with Crippen molar-refractivity contribution in [3.05, 3.63) is 222 Å². The highest BCUT2D eigenvalue weighted by Crippen LogP contribution is 2.58. The summed E-state index contributed by atoms with van der Waals surface area (Å²) in [6.45, 7) is 4.09. The maximum atomic E-state index is 14.6. The summed E-state index contributed by atoms with van der Waals surface area (Å²) in [5.74, 6) is -0.101. The van der Waals surface area contributed by atoms with E-state index < -0.39 is 24.0 Å². The Labute approximate surface area is 335 Å². The van der Waals surface area contributed by atoms with Gasteiger partial charge in [-0.15, -0.1) is 0 Å². The highest BCUT2D eigenvalue weighted by Gasteiger charge is 2.48. The van der Waals surface area contributed by atoms with E-state index in [-0.39, 0.29) is 11.6 Å². The number of ketones is 2. The molecule has 0 amide bonds. The Kier molecular flexibility index (Phi) is 10.5. The molecule has 4 nitrogen and oxygen atoms in total. The average molecular weight is 780 g/mol. The maximum absolute atomic E-state index is 14.6. The minimum absolute atomic E-state index is 0.130. The summed E-state index contributed by atoms with van der Waals surface area (Å²) >= 11 is 14.3. The third kappa shape index (κ3) is 7.53. The molecular weight excluding hydrogens is 743 g/mol. The third-order valence-corrected chi connectivity index (χ3v) is 11.9. The van der Waals surface area contributed by atoms with E-state index in [9.17, 15) is 9.59 Å². The molecule has 4 atom stereocenters. The normalized spacial score (nSPS) is 19.3. The van der Waals surface area contributed by atoms with Gasteiger partial charge in [0.1, 0.15) is 11.5 Å². The van der Waals surface area contributed by atoms with Gasteiger partial charge < -0.3 is 9.47 Å². The highest BCUT2D eigenvalue weighted by molar-refractivity contribution is 8.07. The molecule has 55 heavy (non-hydrogen) atoms. The van der Waals surface area contributed by atoms with Crippen LogP contribution in [0.3, 0.4) is 0 Å². The lowest BCUT2D eigenvalue weighted by Gasteiger charge is -2.23. The lowest BCUT2D eigenvalue weighted by molar-refractivity contribution is 0.0750. The number of hydrogen-bond acceptors (Lipinski definition) is 5. The number of aryl methyl sites for hydroxylation is 2. The van der Waals surface area contributed by atoms with E-state index in [1.54, 1.807) is 0 Å². The molecule has 6 aromatic carbocycles. The van der Waals surface area contributed by atoms with Crippen molar-refractivity contribution < 1.29 is 19.1 Å². The van der Waals surface area contributed by atoms with Crippen molar-refractivity contribution in [3.63, 3.8) is 0 Å². The molecule has 2 heterocycles. The molecule has 272 valence electrons. The number of carbonyl (C=O) groups excluding carboxylic acids is 2. The van der Waals surface area contributed by atoms with E-state index in [1.165, 1.54) is 11.8 Å². The summed E-state index contributed by atoms with van der Waals surface area (Å²) in [5.41, 5.74) is 6.75. The second-order valence-electron chi connectivity index (χ2n) is 13.8. The SMILES string of the molecule is Cc1ccc([C@H]2C(SC3=C(c4ccc(Cl)cc4)O[C@H](C(=O)c4ccccc4)[C@H]3c3ccc(C)cc3)=C(c3ccc(Cl)cc3)O[C@@H]2C(=O)c2ccccc2)cc1. The van der Waals surface area contributed by atoms with Gasteiger partial charge in [0.05, 0.1) is 11.8 Å². The topological polar surface area (TPSA) is 52.6 Å². The van der Waals surface area contributed by atoms with Crippen LogP contribution in [0.15, 0.2) is 168 Å². The molecule has 0 N–H and O–H groups in total. The molecule has 0 saturated carbocycles. The van der Waals surface area contributed by atoms with Crippen molar-refractivity contribution in [1.82, 2.24) is 0 Å². The summed E-state index contributed by atoms with van der Waals surface area (Å²) in [7, 11) is 0. The molecule has 0 unspecified atom stereocenters. The lowest BCUT2D eigenvalue weighted by Crippen LogP contribution is -2.28. The van der Waals surface area contributed by atoms with Gasteiger partial charge in [-0.25, -0.2) is 0 Å². The minimum Gasteiger partial charge on any atom is -0.480 e. The summed E-state index contributed by atoms with van der Waals surface area (Å²) < 4.78 is 13.8. The average Bonchev–Trinajstić information content (AvgIpc) is 3.78. The summed E-state index contributed by atoms with van der Waals surface area (Å²) in [6.07, 6.45) is -1.75. The molecule has 0 radical (unpaired) electrons. The fourth-order valence-electron chi connectivity index (χ4n) is 7.17. The second-order valence-corrected chi connectivity index (χ2v) is 15.8. The third-order valence-electron chi connectivity index (χ3n) is 10.0. The van der Waals surface area contributed by atoms with Gasteiger partial charge in [-0.05, 0) is 73.5 Å². The molecule has 6 aromatic rings. The number of benzene rings is 6. The van der Waals surface area contributed by atoms with Crippen molar-refractivity contribution in [2.75, 3.05) is 0 Å². The predicted molar refractivity (Wildman–Crippen MR) is 223 cm³/mol. The van der Waals surface area contributed by atoms with Crippen LogP contribution in [-0.4, -0.2) is 23.8 Å². The van der Waals surface area contributed by atoms with E-state index in [0.29, 0.717) is 32.7 Å². The Morgan fingerprint density at radius 3 is 1.16 bits per heavy atom. The van der Waals surface area contributed by atoms with Gasteiger partial charge in [0.25, 0.3) is 0 Å². The summed E-state index contributed by atoms with van der Waals surface area (Å²) in [5, 5.41) is 1.17. The number of rotatable bonds is 10. The Morgan fingerprint density at radius 1 is 0.473 bits per heavy atom. The Bertz CT molecular complexity index is 2230. The van der Waals surface area contributed by atoms with Gasteiger partial charge in [0.15, 0.2) is 12.2 Å². The summed E-state index contributed by atoms with van der Waals surface area (Å²) in [4.78, 5) is 30.8. The van der Waals surface area contributed by atoms with Crippen LogP contribution in [0.1, 0.15) is 65.9 Å². The lowest BCUT2D eigenvalue weighted by atomic mass is 9.88. The van der Waals surface area contributed by atoms with E-state index in [0.717, 1.165) is 43.2 Å². The van der Waals surface area contributed by atoms with E-state index in [1.807, 2.05) is 123 Å². The number of thioether (sulfide) groups is 1. The first-order valence-electron chi connectivity index (χ1n) is 18.1. The van der Waals surface area contributed by atoms with Crippen molar-refractivity contribution in [3.8, 4) is 0 Å². The molecule has 2 aliphatic rings. The van der Waals surface area contributed by atoms with Crippen LogP contribution < -0.4 is 0 Å². The molecule has 0 saturated heterocycles. The fourth-order valence-corrected chi connectivity index (χ4v) is 8.95. The standard InChI is InChI=1S/C48H36Cl2O4S/c1-29-13-17-31(18-14-29)39-45(41(51)33-9-5-3-6-10-33)53-43(35-21-25-37(49)26-22-35)47(39)55-48-40(32-19-15-30(2)16-20-32)46(42(52)34-11-7-4-8-12-34)54-44(48)36-23-27-38(50)28-24-36/h3-28,39-40,45-46H,1-2H3/t39-,40-,45+,46+/m1/s1. The zero-order valence-corrected chi connectivity index (χ0v) is 32.4. The molecule has 0 aliphatic carbocycles. The first-order chi connectivity index (χ1) is 26.7. The number of ether oxygens (including phenoxy) is 2. The highest BCUT2D eigenvalue weighted by atomic mass is 35.5. The smallest absolute Gasteiger partial charge is 0.204 e. The zero-order valence-electron chi connectivity index (χ0n) is 30.1. The Balaban J connectivity index is 1.36. The van der Waals surface area contributed by atoms with Gasteiger partial charge in [-0.1, -0.05) is 155 Å². The van der Waals surface area contributed by atoms with E-state index in [2.05, 4.69) is 48.5 Å². The molecule has 7 heteroatoms. The number of carbonyl (C=O) groups is 2. The van der Waals surface area contributed by atoms with Gasteiger partial charge in [-0.3, -0.25) is 9.59 Å². The van der Waals surface area contributed by atoms with Crippen LogP contribution >= 0.6 is 35.0 Å². The molecule has 8 rings (SSSR count). The van der Waals surface area contributed by atoms with Crippen LogP contribution in [0.4, 0.5) is 0 Å². The Morgan fingerprint density at radius 2 is 0.818 bits per heavy atom.